The molecule has 0 aromatic heterocycles. The maximum atomic E-state index is 13.1. The van der Waals surface area contributed by atoms with Crippen LogP contribution in [0.2, 0.25) is 10.0 Å². The maximum absolute atomic E-state index is 13.1. The predicted molar refractivity (Wildman–Crippen MR) is 113 cm³/mol. The third-order valence-corrected chi connectivity index (χ3v) is 5.80. The molecule has 3 rings (SSSR count). The van der Waals surface area contributed by atoms with Crippen molar-refractivity contribution in [1.82, 2.24) is 9.80 Å². The molecule has 0 saturated carbocycles. The van der Waals surface area contributed by atoms with E-state index >= 15 is 0 Å². The number of amides is 1. The number of hydrogen-bond acceptors (Lipinski definition) is 2. The minimum Gasteiger partial charge on any atom is -0.334 e. The van der Waals surface area contributed by atoms with Gasteiger partial charge in [0, 0.05) is 37.8 Å². The molecule has 1 amide bonds. The van der Waals surface area contributed by atoms with Crippen molar-refractivity contribution in [2.24, 2.45) is 0 Å². The van der Waals surface area contributed by atoms with E-state index in [1.807, 2.05) is 23.1 Å². The first-order valence-electron chi connectivity index (χ1n) is 9.25. The minimum atomic E-state index is -0.227. The number of rotatable bonds is 4. The first-order valence-corrected chi connectivity index (χ1v) is 10.0. The summed E-state index contributed by atoms with van der Waals surface area (Å²) >= 11 is 11.9. The monoisotopic (exact) mass is 420 g/mol. The Bertz CT molecular complexity index is 869. The fraction of sp³-hybridized carbons (Fsp3) is 0.318. The molecule has 148 valence electrons. The zero-order valence-corrected chi connectivity index (χ0v) is 17.4. The second-order valence-electron chi connectivity index (χ2n) is 7.25. The molecule has 1 aliphatic heterocycles. The van der Waals surface area contributed by atoms with Crippen LogP contribution in [0.4, 0.5) is 4.39 Å². The average Bonchev–Trinajstić information content (AvgIpc) is 2.67. The van der Waals surface area contributed by atoms with Gasteiger partial charge in [-0.15, -0.1) is 0 Å². The summed E-state index contributed by atoms with van der Waals surface area (Å²) < 4.78 is 13.1. The van der Waals surface area contributed by atoms with Crippen LogP contribution in [0.25, 0.3) is 6.08 Å². The Morgan fingerprint density at radius 2 is 1.79 bits per heavy atom. The molecule has 0 aliphatic carbocycles. The van der Waals surface area contributed by atoms with Crippen LogP contribution in [0, 0.1) is 5.82 Å². The van der Waals surface area contributed by atoms with Gasteiger partial charge in [-0.1, -0.05) is 41.4 Å². The standard InChI is InChI=1S/C22H23Cl2FN2O/c1-15-13-27(22(28)10-6-17-5-9-20(23)21(24)11-17)16(2)12-26(15)14-18-3-7-19(25)8-4-18/h3-11,15-16H,12-14H2,1-2H3. The van der Waals surface area contributed by atoms with Crippen molar-refractivity contribution in [1.29, 1.82) is 0 Å². The quantitative estimate of drug-likeness (QED) is 0.629. The highest BCUT2D eigenvalue weighted by Crippen LogP contribution is 2.23. The van der Waals surface area contributed by atoms with Crippen molar-refractivity contribution < 1.29 is 9.18 Å². The normalized spacial score (nSPS) is 20.7. The molecule has 0 bridgehead atoms. The first-order chi connectivity index (χ1) is 13.3. The number of benzene rings is 2. The van der Waals surface area contributed by atoms with E-state index in [-0.39, 0.29) is 23.8 Å². The van der Waals surface area contributed by atoms with Gasteiger partial charge < -0.3 is 4.90 Å². The van der Waals surface area contributed by atoms with Crippen molar-refractivity contribution >= 4 is 35.2 Å². The lowest BCUT2D eigenvalue weighted by atomic mass is 10.1. The van der Waals surface area contributed by atoms with E-state index in [4.69, 9.17) is 23.2 Å². The molecule has 1 aliphatic rings. The van der Waals surface area contributed by atoms with Crippen LogP contribution in [0.15, 0.2) is 48.5 Å². The molecule has 0 N–H and O–H groups in total. The Balaban J connectivity index is 1.62. The molecule has 0 radical (unpaired) electrons. The molecular formula is C22H23Cl2FN2O. The Morgan fingerprint density at radius 1 is 1.07 bits per heavy atom. The molecule has 2 aromatic rings. The van der Waals surface area contributed by atoms with E-state index in [1.165, 1.54) is 12.1 Å². The van der Waals surface area contributed by atoms with Gasteiger partial charge in [-0.25, -0.2) is 4.39 Å². The van der Waals surface area contributed by atoms with Gasteiger partial charge in [0.2, 0.25) is 5.91 Å². The lowest BCUT2D eigenvalue weighted by molar-refractivity contribution is -0.131. The minimum absolute atomic E-state index is 0.0214. The molecule has 0 spiro atoms. The van der Waals surface area contributed by atoms with Gasteiger partial charge in [-0.2, -0.15) is 0 Å². The summed E-state index contributed by atoms with van der Waals surface area (Å²) in [6, 6.07) is 12.2. The van der Waals surface area contributed by atoms with E-state index in [0.717, 1.165) is 24.2 Å². The molecule has 2 aromatic carbocycles. The summed E-state index contributed by atoms with van der Waals surface area (Å²) in [6.45, 7) is 6.32. The zero-order valence-electron chi connectivity index (χ0n) is 15.9. The van der Waals surface area contributed by atoms with Crippen LogP contribution in [-0.2, 0) is 11.3 Å². The Morgan fingerprint density at radius 3 is 2.46 bits per heavy atom. The topological polar surface area (TPSA) is 23.6 Å². The molecule has 2 unspecified atom stereocenters. The third kappa shape index (κ3) is 5.13. The number of halogens is 3. The fourth-order valence-corrected chi connectivity index (χ4v) is 3.74. The number of nitrogens with zero attached hydrogens (tertiary/aromatic N) is 2. The van der Waals surface area contributed by atoms with Crippen LogP contribution in [0.1, 0.15) is 25.0 Å². The van der Waals surface area contributed by atoms with Crippen molar-refractivity contribution in [2.45, 2.75) is 32.5 Å². The van der Waals surface area contributed by atoms with Crippen molar-refractivity contribution in [3.05, 3.63) is 75.5 Å². The van der Waals surface area contributed by atoms with Gasteiger partial charge in [0.15, 0.2) is 0 Å². The Kier molecular flexibility index (Phi) is 6.76. The SMILES string of the molecule is CC1CN(C(=O)C=Cc2ccc(Cl)c(Cl)c2)C(C)CN1Cc1ccc(F)cc1. The molecule has 6 heteroatoms. The second kappa shape index (κ2) is 9.08. The predicted octanol–water partition coefficient (Wildman–Crippen LogP) is 5.27. The molecule has 2 atom stereocenters. The first kappa shape index (κ1) is 20.8. The second-order valence-corrected chi connectivity index (χ2v) is 8.07. The van der Waals surface area contributed by atoms with E-state index in [0.29, 0.717) is 16.6 Å². The number of carbonyl (C=O) groups is 1. The van der Waals surface area contributed by atoms with E-state index in [9.17, 15) is 9.18 Å². The van der Waals surface area contributed by atoms with Crippen LogP contribution in [-0.4, -0.2) is 40.9 Å². The number of hydrogen-bond donors (Lipinski definition) is 0. The van der Waals surface area contributed by atoms with Crippen LogP contribution >= 0.6 is 23.2 Å². The lowest BCUT2D eigenvalue weighted by Crippen LogP contribution is -2.57. The smallest absolute Gasteiger partial charge is 0.246 e. The molecule has 1 heterocycles. The molecule has 28 heavy (non-hydrogen) atoms. The van der Waals surface area contributed by atoms with Gasteiger partial charge >= 0.3 is 0 Å². The highest BCUT2D eigenvalue weighted by Gasteiger charge is 2.30. The highest BCUT2D eigenvalue weighted by molar-refractivity contribution is 6.42. The van der Waals surface area contributed by atoms with Gasteiger partial charge in [0.25, 0.3) is 0 Å². The molecule has 1 saturated heterocycles. The number of piperazine rings is 1. The maximum Gasteiger partial charge on any atom is 0.246 e. The largest absolute Gasteiger partial charge is 0.334 e. The Hall–Kier alpha value is -1.88. The van der Waals surface area contributed by atoms with Gasteiger partial charge in [0.1, 0.15) is 5.82 Å². The van der Waals surface area contributed by atoms with Crippen molar-refractivity contribution in [3.8, 4) is 0 Å². The Labute approximate surface area is 175 Å². The summed E-state index contributed by atoms with van der Waals surface area (Å²) in [5, 5.41) is 0.956. The van der Waals surface area contributed by atoms with Crippen molar-refractivity contribution in [2.75, 3.05) is 13.1 Å². The van der Waals surface area contributed by atoms with Gasteiger partial charge in [0.05, 0.1) is 10.0 Å². The van der Waals surface area contributed by atoms with Crippen molar-refractivity contribution in [3.63, 3.8) is 0 Å². The molecule has 1 fully saturated rings. The van der Waals surface area contributed by atoms with Crippen LogP contribution < -0.4 is 0 Å². The summed E-state index contributed by atoms with van der Waals surface area (Å²) in [6.07, 6.45) is 3.34. The van der Waals surface area contributed by atoms with E-state index < -0.39 is 0 Å². The van der Waals surface area contributed by atoms with E-state index in [2.05, 4.69) is 18.7 Å². The molecule has 3 nitrogen and oxygen atoms in total. The summed E-state index contributed by atoms with van der Waals surface area (Å²) in [4.78, 5) is 16.9. The zero-order chi connectivity index (χ0) is 20.3. The average molecular weight is 421 g/mol. The summed E-state index contributed by atoms with van der Waals surface area (Å²) in [7, 11) is 0. The van der Waals surface area contributed by atoms with Crippen LogP contribution in [0.5, 0.6) is 0 Å². The molecular weight excluding hydrogens is 398 g/mol. The van der Waals surface area contributed by atoms with E-state index in [1.54, 1.807) is 24.3 Å². The van der Waals surface area contributed by atoms with Gasteiger partial charge in [-0.3, -0.25) is 9.69 Å². The van der Waals surface area contributed by atoms with Gasteiger partial charge in [-0.05, 0) is 55.3 Å². The lowest BCUT2D eigenvalue weighted by Gasteiger charge is -2.44. The third-order valence-electron chi connectivity index (χ3n) is 5.06. The number of carbonyl (C=O) groups excluding carboxylic acids is 1. The van der Waals surface area contributed by atoms with Crippen LogP contribution in [0.3, 0.4) is 0 Å². The summed E-state index contributed by atoms with van der Waals surface area (Å²) in [5.41, 5.74) is 1.90. The fourth-order valence-electron chi connectivity index (χ4n) is 3.43. The highest BCUT2D eigenvalue weighted by atomic mass is 35.5. The summed E-state index contributed by atoms with van der Waals surface area (Å²) in [5.74, 6) is -0.249.